The topological polar surface area (TPSA) is 95.6 Å². The van der Waals surface area contributed by atoms with Crippen LogP contribution in [0.2, 0.25) is 0 Å². The zero-order valence-electron chi connectivity index (χ0n) is 21.7. The number of benzene rings is 3. The summed E-state index contributed by atoms with van der Waals surface area (Å²) in [6.45, 7) is 0. The quantitative estimate of drug-likeness (QED) is 0.487. The maximum atomic E-state index is 14.0. The molecule has 0 aliphatic carbocycles. The Morgan fingerprint density at radius 1 is 0.784 bits per heavy atom. The highest BCUT2D eigenvalue weighted by atomic mass is 16.5. The molecule has 0 bridgehead atoms. The van der Waals surface area contributed by atoms with Gasteiger partial charge < -0.3 is 33.9 Å². The number of methoxy groups -OCH3 is 5. The smallest absolute Gasteiger partial charge is 0.254 e. The lowest BCUT2D eigenvalue weighted by Crippen LogP contribution is -2.44. The average Bonchev–Trinajstić information content (AvgIpc) is 2.93. The molecule has 0 saturated heterocycles. The number of nitrogens with one attached hydrogen (secondary N) is 1. The molecule has 1 aliphatic rings. The summed E-state index contributed by atoms with van der Waals surface area (Å²) in [6, 6.07) is 15.3. The molecule has 0 spiro atoms. The van der Waals surface area contributed by atoms with Crippen LogP contribution in [0.15, 0.2) is 54.6 Å². The highest BCUT2D eigenvalue weighted by Gasteiger charge is 2.43. The summed E-state index contributed by atoms with van der Waals surface area (Å²) in [5, 5.41) is 2.99. The van der Waals surface area contributed by atoms with Gasteiger partial charge in [-0.1, -0.05) is 24.3 Å². The van der Waals surface area contributed by atoms with Gasteiger partial charge >= 0.3 is 0 Å². The molecule has 4 rings (SSSR count). The van der Waals surface area contributed by atoms with E-state index in [2.05, 4.69) is 5.32 Å². The van der Waals surface area contributed by atoms with Crippen molar-refractivity contribution < 1.29 is 33.3 Å². The summed E-state index contributed by atoms with van der Waals surface area (Å²) in [7, 11) is 9.32. The third kappa shape index (κ3) is 4.60. The number of hydrogen-bond donors (Lipinski definition) is 1. The van der Waals surface area contributed by atoms with Crippen LogP contribution in [-0.2, 0) is 4.79 Å². The molecule has 1 aliphatic heterocycles. The monoisotopic (exact) mass is 506 g/mol. The van der Waals surface area contributed by atoms with E-state index in [1.54, 1.807) is 62.6 Å². The molecule has 2 amide bonds. The highest BCUT2D eigenvalue weighted by molar-refractivity contribution is 6.04. The van der Waals surface area contributed by atoms with Crippen LogP contribution in [0.1, 0.15) is 33.4 Å². The number of carbonyl (C=O) groups is 2. The normalized spacial score (nSPS) is 16.5. The van der Waals surface area contributed by atoms with E-state index in [9.17, 15) is 9.59 Å². The van der Waals surface area contributed by atoms with Crippen molar-refractivity contribution in [1.82, 2.24) is 4.90 Å². The van der Waals surface area contributed by atoms with Crippen LogP contribution in [-0.4, -0.2) is 59.3 Å². The number of rotatable bonds is 8. The van der Waals surface area contributed by atoms with Crippen LogP contribution in [0, 0.1) is 0 Å². The first-order valence-corrected chi connectivity index (χ1v) is 11.6. The number of amides is 2. The minimum Gasteiger partial charge on any atom is -0.493 e. The van der Waals surface area contributed by atoms with Gasteiger partial charge in [0.25, 0.3) is 5.91 Å². The fraction of sp³-hybridized carbons (Fsp3) is 0.286. The van der Waals surface area contributed by atoms with Crippen LogP contribution >= 0.6 is 0 Å². The Bertz CT molecular complexity index is 1300. The Morgan fingerprint density at radius 2 is 1.41 bits per heavy atom. The summed E-state index contributed by atoms with van der Waals surface area (Å²) < 4.78 is 27.1. The Balaban J connectivity index is 1.82. The third-order valence-corrected chi connectivity index (χ3v) is 6.54. The molecule has 0 radical (unpaired) electrons. The summed E-state index contributed by atoms with van der Waals surface area (Å²) in [4.78, 5) is 28.9. The third-order valence-electron chi connectivity index (χ3n) is 6.54. The van der Waals surface area contributed by atoms with Crippen molar-refractivity contribution in [3.8, 4) is 28.7 Å². The van der Waals surface area contributed by atoms with Crippen molar-refractivity contribution in [3.05, 3.63) is 71.3 Å². The second-order valence-corrected chi connectivity index (χ2v) is 8.44. The van der Waals surface area contributed by atoms with Gasteiger partial charge in [-0.3, -0.25) is 9.59 Å². The van der Waals surface area contributed by atoms with Gasteiger partial charge in [-0.15, -0.1) is 0 Å². The number of likely N-dealkylation sites (N-methyl/N-ethyl adjacent to an activating group) is 1. The zero-order valence-corrected chi connectivity index (χ0v) is 21.7. The van der Waals surface area contributed by atoms with E-state index in [1.165, 1.54) is 21.3 Å². The van der Waals surface area contributed by atoms with Gasteiger partial charge in [0.1, 0.15) is 0 Å². The van der Waals surface area contributed by atoms with Gasteiger partial charge in [0.05, 0.1) is 47.5 Å². The van der Waals surface area contributed by atoms with Gasteiger partial charge in [-0.25, -0.2) is 0 Å². The van der Waals surface area contributed by atoms with Crippen molar-refractivity contribution in [3.63, 3.8) is 0 Å². The van der Waals surface area contributed by atoms with Gasteiger partial charge in [-0.2, -0.15) is 0 Å². The lowest BCUT2D eigenvalue weighted by molar-refractivity contribution is -0.119. The van der Waals surface area contributed by atoms with Gasteiger partial charge in [0.2, 0.25) is 11.7 Å². The van der Waals surface area contributed by atoms with Crippen LogP contribution in [0.3, 0.4) is 0 Å². The molecule has 0 saturated carbocycles. The van der Waals surface area contributed by atoms with Crippen LogP contribution < -0.4 is 29.0 Å². The summed E-state index contributed by atoms with van der Waals surface area (Å²) in [5.74, 6) is 1.08. The van der Waals surface area contributed by atoms with Gasteiger partial charge in [-0.05, 0) is 29.3 Å². The highest BCUT2D eigenvalue weighted by Crippen LogP contribution is 2.45. The minimum absolute atomic E-state index is 0.174. The van der Waals surface area contributed by atoms with Crippen molar-refractivity contribution in [1.29, 1.82) is 0 Å². The number of carbonyl (C=O) groups excluding carboxylic acids is 2. The number of ether oxygens (including phenoxy) is 5. The van der Waals surface area contributed by atoms with Gasteiger partial charge in [0, 0.05) is 30.4 Å². The summed E-state index contributed by atoms with van der Waals surface area (Å²) >= 11 is 0. The Labute approximate surface area is 215 Å². The fourth-order valence-electron chi connectivity index (χ4n) is 4.78. The van der Waals surface area contributed by atoms with E-state index in [1.807, 2.05) is 18.2 Å². The van der Waals surface area contributed by atoms with Crippen LogP contribution in [0.25, 0.3) is 0 Å². The molecule has 9 heteroatoms. The number of fused-ring (bicyclic) bond motifs is 1. The largest absolute Gasteiger partial charge is 0.493 e. The minimum atomic E-state index is -0.726. The zero-order chi connectivity index (χ0) is 26.7. The number of hydrogen-bond acceptors (Lipinski definition) is 7. The Hall–Kier alpha value is -4.40. The molecule has 194 valence electrons. The maximum absolute atomic E-state index is 14.0. The molecular formula is C28H30N2O7. The Morgan fingerprint density at radius 3 is 2.00 bits per heavy atom. The van der Waals surface area contributed by atoms with E-state index in [0.29, 0.717) is 45.6 Å². The molecule has 1 N–H and O–H groups in total. The summed E-state index contributed by atoms with van der Waals surface area (Å²) in [6.07, 6.45) is 0. The van der Waals surface area contributed by atoms with E-state index in [4.69, 9.17) is 23.7 Å². The molecule has 3 aromatic rings. The predicted octanol–water partition coefficient (Wildman–Crippen LogP) is 4.28. The first-order chi connectivity index (χ1) is 17.9. The standard InChI is InChI=1S/C28H30N2O7/c1-30-25(16-11-12-20(33-2)21(13-16)34-3)24(18-9-7-8-10-19(18)28(30)32)27(31)29-17-14-22(35-4)26(37-6)23(15-17)36-5/h7-15,24-25H,1-6H3,(H,29,31)/t24-,25-/m0/s1. The second kappa shape index (κ2) is 10.7. The lowest BCUT2D eigenvalue weighted by Gasteiger charge is -2.40. The maximum Gasteiger partial charge on any atom is 0.254 e. The first kappa shape index (κ1) is 25.7. The van der Waals surface area contributed by atoms with E-state index < -0.39 is 12.0 Å². The molecular weight excluding hydrogens is 476 g/mol. The Kier molecular flexibility index (Phi) is 7.42. The molecule has 9 nitrogen and oxygen atoms in total. The molecule has 2 atom stereocenters. The van der Waals surface area contributed by atoms with Crippen molar-refractivity contribution in [2.75, 3.05) is 47.9 Å². The predicted molar refractivity (Wildman–Crippen MR) is 138 cm³/mol. The van der Waals surface area contributed by atoms with E-state index >= 15 is 0 Å². The summed E-state index contributed by atoms with van der Waals surface area (Å²) in [5.41, 5.74) is 2.30. The van der Waals surface area contributed by atoms with Crippen LogP contribution in [0.5, 0.6) is 28.7 Å². The van der Waals surface area contributed by atoms with E-state index in [0.717, 1.165) is 5.56 Å². The van der Waals surface area contributed by atoms with Gasteiger partial charge in [0.15, 0.2) is 23.0 Å². The van der Waals surface area contributed by atoms with Crippen molar-refractivity contribution in [2.24, 2.45) is 0 Å². The second-order valence-electron chi connectivity index (χ2n) is 8.44. The number of nitrogens with zero attached hydrogens (tertiary/aromatic N) is 1. The molecule has 3 aromatic carbocycles. The average molecular weight is 507 g/mol. The molecule has 37 heavy (non-hydrogen) atoms. The molecule has 0 fully saturated rings. The number of anilines is 1. The molecule has 0 aromatic heterocycles. The lowest BCUT2D eigenvalue weighted by atomic mass is 9.79. The molecule has 0 unspecified atom stereocenters. The van der Waals surface area contributed by atoms with Crippen molar-refractivity contribution >= 4 is 17.5 Å². The SMILES string of the molecule is COc1ccc([C@H]2[C@@H](C(=O)Nc3cc(OC)c(OC)c(OC)c3)c3ccccc3C(=O)N2C)cc1OC. The van der Waals surface area contributed by atoms with E-state index in [-0.39, 0.29) is 11.8 Å². The first-order valence-electron chi connectivity index (χ1n) is 11.6. The van der Waals surface area contributed by atoms with Crippen molar-refractivity contribution in [2.45, 2.75) is 12.0 Å². The molecule has 1 heterocycles. The fourth-order valence-corrected chi connectivity index (χ4v) is 4.78. The van der Waals surface area contributed by atoms with Crippen LogP contribution in [0.4, 0.5) is 5.69 Å².